The summed E-state index contributed by atoms with van der Waals surface area (Å²) in [5.41, 5.74) is 1.81. The van der Waals surface area contributed by atoms with Gasteiger partial charge in [-0.1, -0.05) is 0 Å². The molecule has 124 valence electrons. The molecule has 2 aliphatic rings. The van der Waals surface area contributed by atoms with Crippen LogP contribution in [0.4, 0.5) is 4.79 Å². The fourth-order valence-corrected chi connectivity index (χ4v) is 2.95. The van der Waals surface area contributed by atoms with Crippen LogP contribution in [0.2, 0.25) is 0 Å². The molecule has 23 heavy (non-hydrogen) atoms. The van der Waals surface area contributed by atoms with Crippen LogP contribution >= 0.6 is 0 Å². The number of rotatable bonds is 2. The Morgan fingerprint density at radius 1 is 1.13 bits per heavy atom. The van der Waals surface area contributed by atoms with Gasteiger partial charge in [0.1, 0.15) is 5.75 Å². The van der Waals surface area contributed by atoms with Crippen LogP contribution in [-0.2, 0) is 6.42 Å². The van der Waals surface area contributed by atoms with Crippen molar-refractivity contribution in [2.24, 2.45) is 0 Å². The summed E-state index contributed by atoms with van der Waals surface area (Å²) in [5.74, 6) is 0.917. The Morgan fingerprint density at radius 3 is 2.52 bits per heavy atom. The molecule has 1 aromatic rings. The van der Waals surface area contributed by atoms with Crippen LogP contribution in [0.5, 0.6) is 5.75 Å². The van der Waals surface area contributed by atoms with Crippen LogP contribution in [0.1, 0.15) is 29.8 Å². The number of ether oxygens (including phenoxy) is 1. The average molecular weight is 317 g/mol. The lowest BCUT2D eigenvalue weighted by Gasteiger charge is -2.35. The summed E-state index contributed by atoms with van der Waals surface area (Å²) in [4.78, 5) is 28.2. The fourth-order valence-electron chi connectivity index (χ4n) is 2.95. The maximum absolute atomic E-state index is 12.6. The zero-order valence-corrected chi connectivity index (χ0v) is 13.7. The van der Waals surface area contributed by atoms with Gasteiger partial charge in [0, 0.05) is 44.2 Å². The molecule has 0 atom stereocenters. The average Bonchev–Trinajstić information content (AvgIpc) is 3.01. The van der Waals surface area contributed by atoms with Gasteiger partial charge in [-0.2, -0.15) is 0 Å². The molecule has 0 spiro atoms. The van der Waals surface area contributed by atoms with Gasteiger partial charge in [-0.15, -0.1) is 0 Å². The number of carbonyl (C=O) groups excluding carboxylic acids is 2. The molecule has 3 amide bonds. The Balaban J connectivity index is 1.59. The second-order valence-electron chi connectivity index (χ2n) is 6.30. The zero-order valence-electron chi connectivity index (χ0n) is 13.7. The van der Waals surface area contributed by atoms with Gasteiger partial charge >= 0.3 is 6.03 Å². The fraction of sp³-hybridized carbons (Fsp3) is 0.529. The standard InChI is InChI=1S/C17H23N3O3/c1-12(2)18-17(22)20-8-6-19(7-9-20)16(21)14-3-4-15-13(11-14)5-10-23-15/h3-4,11-12H,5-10H2,1-2H3,(H,18,22). The van der Waals surface area contributed by atoms with E-state index < -0.39 is 0 Å². The van der Waals surface area contributed by atoms with Crippen LogP contribution in [0, 0.1) is 0 Å². The Morgan fingerprint density at radius 2 is 1.83 bits per heavy atom. The topological polar surface area (TPSA) is 61.9 Å². The Hall–Kier alpha value is -2.24. The van der Waals surface area contributed by atoms with Crippen LogP contribution in [-0.4, -0.2) is 60.6 Å². The number of fused-ring (bicyclic) bond motifs is 1. The number of nitrogens with zero attached hydrogens (tertiary/aromatic N) is 2. The highest BCUT2D eigenvalue weighted by molar-refractivity contribution is 5.95. The van der Waals surface area contributed by atoms with E-state index in [1.807, 2.05) is 36.9 Å². The lowest BCUT2D eigenvalue weighted by molar-refractivity contribution is 0.0664. The SMILES string of the molecule is CC(C)NC(=O)N1CCN(C(=O)c2ccc3c(c2)CCO3)CC1. The molecule has 3 rings (SSSR count). The molecule has 6 heteroatoms. The van der Waals surface area contributed by atoms with Gasteiger partial charge in [-0.25, -0.2) is 4.79 Å². The minimum Gasteiger partial charge on any atom is -0.493 e. The quantitative estimate of drug-likeness (QED) is 0.899. The molecule has 6 nitrogen and oxygen atoms in total. The Kier molecular flexibility index (Phi) is 4.41. The van der Waals surface area contributed by atoms with Crippen molar-refractivity contribution in [2.75, 3.05) is 32.8 Å². The van der Waals surface area contributed by atoms with E-state index in [4.69, 9.17) is 4.74 Å². The third kappa shape index (κ3) is 3.41. The van der Waals surface area contributed by atoms with Crippen molar-refractivity contribution in [3.8, 4) is 5.75 Å². The van der Waals surface area contributed by atoms with Gasteiger partial charge in [0.2, 0.25) is 0 Å². The van der Waals surface area contributed by atoms with Crippen LogP contribution in [0.3, 0.4) is 0 Å². The van der Waals surface area contributed by atoms with Crippen LogP contribution in [0.25, 0.3) is 0 Å². The molecule has 0 aromatic heterocycles. The van der Waals surface area contributed by atoms with E-state index in [9.17, 15) is 9.59 Å². The second kappa shape index (κ2) is 6.48. The van der Waals surface area contributed by atoms with E-state index >= 15 is 0 Å². The van der Waals surface area contributed by atoms with E-state index in [1.54, 1.807) is 4.90 Å². The van der Waals surface area contributed by atoms with E-state index in [2.05, 4.69) is 5.32 Å². The first-order valence-electron chi connectivity index (χ1n) is 8.15. The van der Waals surface area contributed by atoms with E-state index in [-0.39, 0.29) is 18.0 Å². The minimum absolute atomic E-state index is 0.0311. The van der Waals surface area contributed by atoms with Gasteiger partial charge in [0.25, 0.3) is 5.91 Å². The molecule has 0 unspecified atom stereocenters. The Labute approximate surface area is 136 Å². The van der Waals surface area contributed by atoms with Crippen molar-refractivity contribution in [1.82, 2.24) is 15.1 Å². The smallest absolute Gasteiger partial charge is 0.317 e. The lowest BCUT2D eigenvalue weighted by Crippen LogP contribution is -2.54. The molecule has 1 fully saturated rings. The number of nitrogens with one attached hydrogen (secondary N) is 1. The molecule has 1 N–H and O–H groups in total. The summed E-state index contributed by atoms with van der Waals surface area (Å²) in [6.45, 7) is 6.84. The molecule has 0 radical (unpaired) electrons. The molecule has 2 heterocycles. The largest absolute Gasteiger partial charge is 0.493 e. The zero-order chi connectivity index (χ0) is 16.4. The highest BCUT2D eigenvalue weighted by Gasteiger charge is 2.25. The van der Waals surface area contributed by atoms with Gasteiger partial charge in [0.15, 0.2) is 0 Å². The first-order chi connectivity index (χ1) is 11.0. The molecule has 0 aliphatic carbocycles. The number of carbonyl (C=O) groups is 2. The van der Waals surface area contributed by atoms with Crippen LogP contribution < -0.4 is 10.1 Å². The van der Waals surface area contributed by atoms with E-state index in [0.717, 1.165) is 17.7 Å². The predicted molar refractivity (Wildman–Crippen MR) is 86.8 cm³/mol. The number of amides is 3. The van der Waals surface area contributed by atoms with Crippen LogP contribution in [0.15, 0.2) is 18.2 Å². The first-order valence-corrected chi connectivity index (χ1v) is 8.15. The van der Waals surface area contributed by atoms with Gasteiger partial charge in [0.05, 0.1) is 6.61 Å². The van der Waals surface area contributed by atoms with E-state index in [0.29, 0.717) is 38.3 Å². The first kappa shape index (κ1) is 15.6. The number of hydrogen-bond donors (Lipinski definition) is 1. The third-order valence-electron chi connectivity index (χ3n) is 4.20. The predicted octanol–water partition coefficient (Wildman–Crippen LogP) is 1.50. The molecule has 2 aliphatic heterocycles. The minimum atomic E-state index is -0.0539. The summed E-state index contributed by atoms with van der Waals surface area (Å²) < 4.78 is 5.47. The monoisotopic (exact) mass is 317 g/mol. The summed E-state index contributed by atoms with van der Waals surface area (Å²) in [6, 6.07) is 5.70. The van der Waals surface area contributed by atoms with E-state index in [1.165, 1.54) is 0 Å². The highest BCUT2D eigenvalue weighted by atomic mass is 16.5. The van der Waals surface area contributed by atoms with Crippen molar-refractivity contribution in [2.45, 2.75) is 26.3 Å². The number of urea groups is 1. The molecule has 1 aromatic carbocycles. The number of piperazine rings is 1. The van der Waals surface area contributed by atoms with Crippen molar-refractivity contribution < 1.29 is 14.3 Å². The molecule has 1 saturated heterocycles. The summed E-state index contributed by atoms with van der Waals surface area (Å²) in [7, 11) is 0. The summed E-state index contributed by atoms with van der Waals surface area (Å²) in [5, 5.41) is 2.89. The Bertz CT molecular complexity index is 607. The maximum atomic E-state index is 12.6. The molecule has 0 bridgehead atoms. The van der Waals surface area contributed by atoms with Crippen molar-refractivity contribution in [3.63, 3.8) is 0 Å². The summed E-state index contributed by atoms with van der Waals surface area (Å²) >= 11 is 0. The maximum Gasteiger partial charge on any atom is 0.317 e. The second-order valence-corrected chi connectivity index (χ2v) is 6.30. The summed E-state index contributed by atoms with van der Waals surface area (Å²) in [6.07, 6.45) is 0.861. The normalized spacial score (nSPS) is 17.0. The third-order valence-corrected chi connectivity index (χ3v) is 4.20. The number of benzene rings is 1. The molecule has 0 saturated carbocycles. The molecular weight excluding hydrogens is 294 g/mol. The molecular formula is C17H23N3O3. The lowest BCUT2D eigenvalue weighted by atomic mass is 10.1. The highest BCUT2D eigenvalue weighted by Crippen LogP contribution is 2.26. The van der Waals surface area contributed by atoms with Gasteiger partial charge in [-0.05, 0) is 37.6 Å². The van der Waals surface area contributed by atoms with Crippen molar-refractivity contribution >= 4 is 11.9 Å². The van der Waals surface area contributed by atoms with Gasteiger partial charge in [-0.3, -0.25) is 4.79 Å². The number of hydrogen-bond acceptors (Lipinski definition) is 3. The van der Waals surface area contributed by atoms with Crippen molar-refractivity contribution in [3.05, 3.63) is 29.3 Å². The van der Waals surface area contributed by atoms with Gasteiger partial charge < -0.3 is 19.9 Å². The van der Waals surface area contributed by atoms with Crippen molar-refractivity contribution in [1.29, 1.82) is 0 Å².